The van der Waals surface area contributed by atoms with E-state index >= 15 is 0 Å². The maximum Gasteiger partial charge on any atom is 0.284 e. The fraction of sp³-hybridized carbons (Fsp3) is 0.500. The molecule has 0 atom stereocenters. The van der Waals surface area contributed by atoms with Gasteiger partial charge in [-0.25, -0.2) is 9.98 Å². The second-order valence-corrected chi connectivity index (χ2v) is 7.51. The van der Waals surface area contributed by atoms with Crippen molar-refractivity contribution in [2.24, 2.45) is 10.7 Å². The topological polar surface area (TPSA) is 96.7 Å². The molecule has 0 aliphatic heterocycles. The first kappa shape index (κ1) is 18.4. The molecule has 26 heavy (non-hydrogen) atoms. The van der Waals surface area contributed by atoms with Crippen molar-refractivity contribution in [1.29, 1.82) is 0 Å². The van der Waals surface area contributed by atoms with Crippen molar-refractivity contribution in [2.45, 2.75) is 45.7 Å². The quantitative estimate of drug-likeness (QED) is 0.596. The van der Waals surface area contributed by atoms with Crippen molar-refractivity contribution in [2.75, 3.05) is 13.6 Å². The Balaban J connectivity index is 1.67. The first-order valence-corrected chi connectivity index (χ1v) is 9.74. The van der Waals surface area contributed by atoms with Gasteiger partial charge in [0.2, 0.25) is 0 Å². The highest BCUT2D eigenvalue weighted by molar-refractivity contribution is 7.11. The number of carbonyl (C=O) groups excluding carboxylic acids is 1. The highest BCUT2D eigenvalue weighted by Gasteiger charge is 2.17. The summed E-state index contributed by atoms with van der Waals surface area (Å²) in [6.07, 6.45) is 4.77. The number of rotatable bonds is 6. The maximum absolute atomic E-state index is 11.1. The van der Waals surface area contributed by atoms with Gasteiger partial charge in [0.1, 0.15) is 17.3 Å². The predicted molar refractivity (Wildman–Crippen MR) is 102 cm³/mol. The molecule has 0 radical (unpaired) electrons. The second-order valence-electron chi connectivity index (χ2n) is 6.34. The van der Waals surface area contributed by atoms with Gasteiger partial charge in [-0.1, -0.05) is 0 Å². The first-order valence-electron chi connectivity index (χ1n) is 8.92. The lowest BCUT2D eigenvalue weighted by Crippen LogP contribution is -2.38. The van der Waals surface area contributed by atoms with Gasteiger partial charge in [-0.05, 0) is 44.7 Å². The third-order valence-electron chi connectivity index (χ3n) is 4.25. The molecule has 3 rings (SSSR count). The molecule has 8 heteroatoms. The lowest BCUT2D eigenvalue weighted by molar-refractivity contribution is 0.0972. The van der Waals surface area contributed by atoms with E-state index in [1.807, 2.05) is 25.3 Å². The molecule has 0 unspecified atom stereocenters. The number of thiazole rings is 1. The van der Waals surface area contributed by atoms with Crippen LogP contribution in [-0.2, 0) is 25.9 Å². The van der Waals surface area contributed by atoms with E-state index in [-0.39, 0.29) is 5.76 Å². The minimum absolute atomic E-state index is 0.155. The molecule has 7 nitrogen and oxygen atoms in total. The number of nitrogens with zero attached hydrogens (tertiary/aromatic N) is 3. The van der Waals surface area contributed by atoms with Gasteiger partial charge >= 0.3 is 0 Å². The summed E-state index contributed by atoms with van der Waals surface area (Å²) in [7, 11) is 2.00. The molecule has 1 aliphatic carbocycles. The molecule has 2 heterocycles. The van der Waals surface area contributed by atoms with Crippen LogP contribution in [0.4, 0.5) is 0 Å². The van der Waals surface area contributed by atoms with E-state index in [1.165, 1.54) is 23.4 Å². The lowest BCUT2D eigenvalue weighted by Gasteiger charge is -2.20. The fourth-order valence-electron chi connectivity index (χ4n) is 2.97. The van der Waals surface area contributed by atoms with Crippen LogP contribution in [0.15, 0.2) is 21.5 Å². The molecule has 0 saturated heterocycles. The molecule has 1 aliphatic rings. The Bertz CT molecular complexity index is 772. The summed E-state index contributed by atoms with van der Waals surface area (Å²) in [6.45, 7) is 3.86. The molecule has 0 spiro atoms. The van der Waals surface area contributed by atoms with Crippen LogP contribution in [0.3, 0.4) is 0 Å². The number of furan rings is 1. The smallest absolute Gasteiger partial charge is 0.284 e. The Labute approximate surface area is 157 Å². The molecule has 0 saturated carbocycles. The van der Waals surface area contributed by atoms with Crippen LogP contribution in [0.5, 0.6) is 0 Å². The molecular weight excluding hydrogens is 350 g/mol. The summed E-state index contributed by atoms with van der Waals surface area (Å²) >= 11 is 1.81. The number of amides is 1. The Hall–Kier alpha value is -2.35. The van der Waals surface area contributed by atoms with E-state index in [0.29, 0.717) is 18.8 Å². The zero-order chi connectivity index (χ0) is 18.5. The number of guanidine groups is 1. The average Bonchev–Trinajstić information content (AvgIpc) is 3.24. The normalized spacial score (nSPS) is 14.2. The van der Waals surface area contributed by atoms with Gasteiger partial charge < -0.3 is 20.4 Å². The molecule has 0 aromatic carbocycles. The number of aryl methyl sites for hydroxylation is 2. The van der Waals surface area contributed by atoms with Crippen molar-refractivity contribution >= 4 is 23.2 Å². The van der Waals surface area contributed by atoms with E-state index in [0.717, 1.165) is 30.4 Å². The van der Waals surface area contributed by atoms with Gasteiger partial charge in [0.25, 0.3) is 5.91 Å². The molecule has 1 amide bonds. The van der Waals surface area contributed by atoms with Crippen molar-refractivity contribution in [3.05, 3.63) is 39.2 Å². The number of aromatic nitrogens is 1. The number of hydrogen-bond donors (Lipinski definition) is 2. The zero-order valence-electron chi connectivity index (χ0n) is 15.2. The van der Waals surface area contributed by atoms with Crippen molar-refractivity contribution in [3.8, 4) is 0 Å². The predicted octanol–water partition coefficient (Wildman–Crippen LogP) is 2.31. The number of fused-ring (bicyclic) bond motifs is 1. The van der Waals surface area contributed by atoms with Crippen LogP contribution in [0.1, 0.15) is 51.7 Å². The third kappa shape index (κ3) is 4.43. The third-order valence-corrected chi connectivity index (χ3v) is 5.39. The minimum atomic E-state index is -0.572. The van der Waals surface area contributed by atoms with Crippen LogP contribution in [0.25, 0.3) is 0 Å². The highest BCUT2D eigenvalue weighted by atomic mass is 32.1. The Morgan fingerprint density at radius 3 is 2.92 bits per heavy atom. The van der Waals surface area contributed by atoms with Gasteiger partial charge in [-0.3, -0.25) is 4.79 Å². The second kappa shape index (κ2) is 8.35. The fourth-order valence-corrected chi connectivity index (χ4v) is 4.18. The monoisotopic (exact) mass is 375 g/mol. The summed E-state index contributed by atoms with van der Waals surface area (Å²) in [5, 5.41) is 4.41. The summed E-state index contributed by atoms with van der Waals surface area (Å²) in [5.74, 6) is 0.962. The van der Waals surface area contributed by atoms with Gasteiger partial charge in [0.15, 0.2) is 11.7 Å². The zero-order valence-corrected chi connectivity index (χ0v) is 16.1. The van der Waals surface area contributed by atoms with Crippen LogP contribution in [0.2, 0.25) is 0 Å². The van der Waals surface area contributed by atoms with Crippen molar-refractivity contribution in [1.82, 2.24) is 15.2 Å². The van der Waals surface area contributed by atoms with Crippen LogP contribution in [0, 0.1) is 0 Å². The van der Waals surface area contributed by atoms with Crippen molar-refractivity contribution in [3.63, 3.8) is 0 Å². The molecule has 0 fully saturated rings. The van der Waals surface area contributed by atoms with E-state index in [4.69, 9.17) is 15.1 Å². The van der Waals surface area contributed by atoms with Crippen LogP contribution < -0.4 is 11.1 Å². The number of hydrogen-bond acceptors (Lipinski definition) is 5. The van der Waals surface area contributed by atoms with Gasteiger partial charge in [-0.2, -0.15) is 0 Å². The van der Waals surface area contributed by atoms with Gasteiger partial charge in [-0.15, -0.1) is 11.3 Å². The number of aliphatic imine (C=N–C) groups is 1. The maximum atomic E-state index is 11.1. The number of nitrogens with one attached hydrogen (secondary N) is 1. The van der Waals surface area contributed by atoms with Crippen LogP contribution in [-0.4, -0.2) is 35.3 Å². The first-order chi connectivity index (χ1) is 12.6. The number of carbonyl (C=O) groups is 1. The van der Waals surface area contributed by atoms with Crippen molar-refractivity contribution < 1.29 is 9.21 Å². The van der Waals surface area contributed by atoms with E-state index in [9.17, 15) is 4.79 Å². The number of nitrogens with two attached hydrogens (primary N) is 1. The van der Waals surface area contributed by atoms with E-state index in [2.05, 4.69) is 15.2 Å². The summed E-state index contributed by atoms with van der Waals surface area (Å²) < 4.78 is 5.39. The largest absolute Gasteiger partial charge is 0.454 e. The Morgan fingerprint density at radius 2 is 2.23 bits per heavy atom. The summed E-state index contributed by atoms with van der Waals surface area (Å²) in [4.78, 5) is 24.0. The molecule has 3 N–H and O–H groups in total. The highest BCUT2D eigenvalue weighted by Crippen LogP contribution is 2.27. The summed E-state index contributed by atoms with van der Waals surface area (Å²) in [5.41, 5.74) is 6.49. The Morgan fingerprint density at radius 1 is 1.42 bits per heavy atom. The van der Waals surface area contributed by atoms with E-state index in [1.54, 1.807) is 12.1 Å². The minimum Gasteiger partial charge on any atom is -0.454 e. The molecule has 2 aromatic rings. The standard InChI is InChI=1S/C18H25N5O2S/c1-3-20-18(21-10-12-8-9-14(25-12)17(19)24)23(2)11-16-22-13-6-4-5-7-15(13)26-16/h8-9H,3-7,10-11H2,1-2H3,(H2,19,24)(H,20,21). The van der Waals surface area contributed by atoms with Crippen LogP contribution >= 0.6 is 11.3 Å². The SMILES string of the molecule is CCNC(=NCc1ccc(C(N)=O)o1)N(C)Cc1nc2c(s1)CCCC2. The lowest BCUT2D eigenvalue weighted by atomic mass is 10.0. The van der Waals surface area contributed by atoms with E-state index < -0.39 is 5.91 Å². The molecule has 140 valence electrons. The molecule has 0 bridgehead atoms. The molecule has 2 aromatic heterocycles. The number of primary amides is 1. The average molecular weight is 375 g/mol. The summed E-state index contributed by atoms with van der Waals surface area (Å²) in [6, 6.07) is 3.30. The molecular formula is C18H25N5O2S. The van der Waals surface area contributed by atoms with Gasteiger partial charge in [0, 0.05) is 18.5 Å². The Kier molecular flexibility index (Phi) is 5.92. The van der Waals surface area contributed by atoms with Gasteiger partial charge in [0.05, 0.1) is 12.2 Å².